The van der Waals surface area contributed by atoms with Crippen LogP contribution in [0.2, 0.25) is 5.02 Å². The van der Waals surface area contributed by atoms with Crippen LogP contribution in [0.1, 0.15) is 57.6 Å². The second-order valence-corrected chi connectivity index (χ2v) is 8.33. The molecule has 0 radical (unpaired) electrons. The first-order chi connectivity index (χ1) is 15.4. The topological polar surface area (TPSA) is 89.0 Å². The molecule has 0 bridgehead atoms. The van der Waals surface area contributed by atoms with Gasteiger partial charge in [-0.1, -0.05) is 35.3 Å². The Morgan fingerprint density at radius 2 is 2.03 bits per heavy atom. The highest BCUT2D eigenvalue weighted by Gasteiger charge is 2.17. The monoisotopic (exact) mass is 451 g/mol. The van der Waals surface area contributed by atoms with Gasteiger partial charge < -0.3 is 14.1 Å². The Kier molecular flexibility index (Phi) is 8.02. The zero-order valence-corrected chi connectivity index (χ0v) is 19.3. The molecule has 2 aromatic carbocycles. The van der Waals surface area contributed by atoms with Crippen molar-refractivity contribution >= 4 is 17.4 Å². The third-order valence-corrected chi connectivity index (χ3v) is 5.38. The van der Waals surface area contributed by atoms with Gasteiger partial charge >= 0.3 is 0 Å². The lowest BCUT2D eigenvalue weighted by atomic mass is 10.0. The summed E-state index contributed by atoms with van der Waals surface area (Å²) < 4.78 is 11.1. The molecule has 3 rings (SSSR count). The number of nitriles is 1. The fourth-order valence-corrected chi connectivity index (χ4v) is 3.67. The quantitative estimate of drug-likeness (QED) is 0.331. The minimum Gasteiger partial charge on any atom is -0.490 e. The summed E-state index contributed by atoms with van der Waals surface area (Å²) in [5.41, 5.74) is 2.75. The lowest BCUT2D eigenvalue weighted by Gasteiger charge is -2.11. The van der Waals surface area contributed by atoms with Crippen LogP contribution in [-0.4, -0.2) is 22.0 Å². The highest BCUT2D eigenvalue weighted by Crippen LogP contribution is 2.32. The van der Waals surface area contributed by atoms with Gasteiger partial charge in [-0.05, 0) is 69.9 Å². The van der Waals surface area contributed by atoms with Crippen molar-refractivity contribution in [3.05, 3.63) is 52.5 Å². The zero-order valence-electron chi connectivity index (χ0n) is 18.5. The lowest BCUT2D eigenvalue weighted by Crippen LogP contribution is -2.06. The number of ketones is 1. The van der Waals surface area contributed by atoms with E-state index in [4.69, 9.17) is 20.9 Å². The summed E-state index contributed by atoms with van der Waals surface area (Å²) in [5, 5.41) is 14.2. The Labute approximate surface area is 193 Å². The number of hydrogen-bond acceptors (Lipinski definition) is 6. The molecule has 6 nitrogen and oxygen atoms in total. The smallest absolute Gasteiger partial charge is 0.258 e. The molecular formula is C25H26ClN3O3. The van der Waals surface area contributed by atoms with Crippen molar-refractivity contribution in [2.75, 3.05) is 0 Å². The first kappa shape index (κ1) is 23.5. The predicted molar refractivity (Wildman–Crippen MR) is 124 cm³/mol. The molecule has 1 heterocycles. The van der Waals surface area contributed by atoms with Gasteiger partial charge in [-0.3, -0.25) is 0 Å². The highest BCUT2D eigenvalue weighted by molar-refractivity contribution is 6.34. The Morgan fingerprint density at radius 1 is 1.22 bits per heavy atom. The fourth-order valence-electron chi connectivity index (χ4n) is 3.37. The third kappa shape index (κ3) is 5.95. The van der Waals surface area contributed by atoms with E-state index >= 15 is 0 Å². The molecule has 0 aliphatic rings. The van der Waals surface area contributed by atoms with E-state index in [0.717, 1.165) is 31.2 Å². The van der Waals surface area contributed by atoms with Crippen LogP contribution in [0.5, 0.6) is 5.75 Å². The molecule has 0 N–H and O–H groups in total. The number of carbonyl (C=O) groups is 1. The van der Waals surface area contributed by atoms with Gasteiger partial charge in [0, 0.05) is 17.5 Å². The zero-order chi connectivity index (χ0) is 23.1. The average Bonchev–Trinajstić information content (AvgIpc) is 3.24. The van der Waals surface area contributed by atoms with E-state index in [9.17, 15) is 10.1 Å². The normalized spacial score (nSPS) is 10.9. The molecular weight excluding hydrogens is 426 g/mol. The van der Waals surface area contributed by atoms with Gasteiger partial charge in [0.05, 0.1) is 16.7 Å². The molecule has 0 fully saturated rings. The molecule has 0 spiro atoms. The Morgan fingerprint density at radius 3 is 2.75 bits per heavy atom. The molecule has 32 heavy (non-hydrogen) atoms. The van der Waals surface area contributed by atoms with Gasteiger partial charge in [-0.2, -0.15) is 10.2 Å². The minimum absolute atomic E-state index is 0.0356. The molecule has 0 aliphatic heterocycles. The van der Waals surface area contributed by atoms with E-state index in [-0.39, 0.29) is 11.9 Å². The van der Waals surface area contributed by atoms with Crippen LogP contribution in [0.4, 0.5) is 0 Å². The molecule has 0 saturated heterocycles. The van der Waals surface area contributed by atoms with E-state index < -0.39 is 0 Å². The van der Waals surface area contributed by atoms with Crippen molar-refractivity contribution < 1.29 is 14.1 Å². The van der Waals surface area contributed by atoms with E-state index in [0.29, 0.717) is 45.6 Å². The lowest BCUT2D eigenvalue weighted by molar-refractivity contribution is -0.117. The summed E-state index contributed by atoms with van der Waals surface area (Å²) >= 11 is 6.64. The van der Waals surface area contributed by atoms with Crippen molar-refractivity contribution in [3.8, 4) is 34.7 Å². The number of Topliss-reactive ketones (excluding diaryl/α,β-unsaturated/α-hetero) is 1. The number of carbonyl (C=O) groups excluding carboxylic acids is 1. The van der Waals surface area contributed by atoms with Crippen LogP contribution in [0.25, 0.3) is 22.8 Å². The second-order valence-electron chi connectivity index (χ2n) is 7.95. The van der Waals surface area contributed by atoms with Crippen molar-refractivity contribution in [2.24, 2.45) is 0 Å². The molecule has 3 aromatic rings. The first-order valence-corrected chi connectivity index (χ1v) is 11.1. The number of aromatic nitrogens is 2. The summed E-state index contributed by atoms with van der Waals surface area (Å²) in [7, 11) is 0. The standard InChI is InChI=1S/C25H26ClN3O3/c1-16(2)31-22-13-12-19(14-20(22)15-27)25-28-24(29-32-25)21-11-7-10-18(23(21)26)9-6-4-5-8-17(3)30/h7,10-14,16H,4-6,8-9H2,1-3H3. The first-order valence-electron chi connectivity index (χ1n) is 10.7. The summed E-state index contributed by atoms with van der Waals surface area (Å²) in [6.45, 7) is 5.43. The maximum absolute atomic E-state index is 11.1. The molecule has 1 aromatic heterocycles. The maximum Gasteiger partial charge on any atom is 0.258 e. The molecule has 0 saturated carbocycles. The van der Waals surface area contributed by atoms with Crippen LogP contribution in [-0.2, 0) is 11.2 Å². The maximum atomic E-state index is 11.1. The Balaban J connectivity index is 1.77. The third-order valence-electron chi connectivity index (χ3n) is 4.93. The van der Waals surface area contributed by atoms with Gasteiger partial charge in [-0.25, -0.2) is 0 Å². The summed E-state index contributed by atoms with van der Waals surface area (Å²) in [6, 6.07) is 13.1. The fraction of sp³-hybridized carbons (Fsp3) is 0.360. The number of rotatable bonds is 10. The van der Waals surface area contributed by atoms with E-state index in [1.54, 1.807) is 25.1 Å². The molecule has 0 amide bonds. The van der Waals surface area contributed by atoms with Crippen molar-refractivity contribution in [3.63, 3.8) is 0 Å². The molecule has 0 unspecified atom stereocenters. The summed E-state index contributed by atoms with van der Waals surface area (Å²) in [4.78, 5) is 15.6. The van der Waals surface area contributed by atoms with Gasteiger partial charge in [0.2, 0.25) is 5.82 Å². The van der Waals surface area contributed by atoms with Gasteiger partial charge in [-0.15, -0.1) is 0 Å². The van der Waals surface area contributed by atoms with Crippen LogP contribution in [0.3, 0.4) is 0 Å². The number of halogens is 1. The number of nitrogens with zero attached hydrogens (tertiary/aromatic N) is 3. The predicted octanol–water partition coefficient (Wildman–Crippen LogP) is 6.41. The molecule has 166 valence electrons. The number of aryl methyl sites for hydroxylation is 1. The summed E-state index contributed by atoms with van der Waals surface area (Å²) in [6.07, 6.45) is 4.23. The number of unbranched alkanes of at least 4 members (excludes halogenated alkanes) is 2. The van der Waals surface area contributed by atoms with Gasteiger partial charge in [0.25, 0.3) is 5.89 Å². The van der Waals surface area contributed by atoms with Crippen LogP contribution >= 0.6 is 11.6 Å². The number of benzene rings is 2. The molecule has 0 atom stereocenters. The van der Waals surface area contributed by atoms with E-state index in [1.165, 1.54) is 0 Å². The highest BCUT2D eigenvalue weighted by atomic mass is 35.5. The Hall–Kier alpha value is -3.17. The largest absolute Gasteiger partial charge is 0.490 e. The average molecular weight is 452 g/mol. The van der Waals surface area contributed by atoms with Crippen molar-refractivity contribution in [1.29, 1.82) is 5.26 Å². The van der Waals surface area contributed by atoms with Crippen molar-refractivity contribution in [2.45, 2.75) is 59.0 Å². The molecule has 7 heteroatoms. The molecule has 0 aliphatic carbocycles. The number of ether oxygens (including phenoxy) is 1. The van der Waals surface area contributed by atoms with Crippen LogP contribution in [0, 0.1) is 11.3 Å². The number of hydrogen-bond donors (Lipinski definition) is 0. The van der Waals surface area contributed by atoms with Crippen LogP contribution < -0.4 is 4.74 Å². The van der Waals surface area contributed by atoms with E-state index in [2.05, 4.69) is 16.2 Å². The SMILES string of the molecule is CC(=O)CCCCCc1cccc(-c2noc(-c3ccc(OC(C)C)c(C#N)c3)n2)c1Cl. The minimum atomic E-state index is -0.0356. The summed E-state index contributed by atoms with van der Waals surface area (Å²) in [5.74, 6) is 1.44. The second kappa shape index (κ2) is 10.9. The van der Waals surface area contributed by atoms with Gasteiger partial charge in [0.15, 0.2) is 0 Å². The Bertz CT molecular complexity index is 1130. The van der Waals surface area contributed by atoms with Crippen LogP contribution in [0.15, 0.2) is 40.9 Å². The van der Waals surface area contributed by atoms with Crippen molar-refractivity contribution in [1.82, 2.24) is 10.1 Å². The van der Waals surface area contributed by atoms with E-state index in [1.807, 2.05) is 32.0 Å². The van der Waals surface area contributed by atoms with Gasteiger partial charge in [0.1, 0.15) is 17.6 Å².